The Morgan fingerprint density at radius 2 is 2.35 bits per heavy atom. The average Bonchev–Trinajstić information content (AvgIpc) is 3.03. The number of carbonyl (C=O) groups is 1. The van der Waals surface area contributed by atoms with E-state index >= 15 is 0 Å². The number of nitriles is 1. The molecule has 0 aromatic carbocycles. The van der Waals surface area contributed by atoms with Crippen LogP contribution in [-0.4, -0.2) is 26.3 Å². The predicted octanol–water partition coefficient (Wildman–Crippen LogP) is 3.75. The smallest absolute Gasteiger partial charge is 0.239 e. The summed E-state index contributed by atoms with van der Waals surface area (Å²) in [6.07, 6.45) is 3.65. The molecule has 2 atom stereocenters. The number of nitrogens with zero attached hydrogens (tertiary/aromatic N) is 4. The van der Waals surface area contributed by atoms with E-state index in [4.69, 9.17) is 4.98 Å². The van der Waals surface area contributed by atoms with Crippen LogP contribution in [0.1, 0.15) is 48.5 Å². The lowest BCUT2D eigenvalue weighted by Crippen LogP contribution is -2.25. The van der Waals surface area contributed by atoms with Gasteiger partial charge in [-0.2, -0.15) is 5.26 Å². The molecule has 0 radical (unpaired) electrons. The molecule has 0 bridgehead atoms. The normalized spacial score (nSPS) is 17.2. The van der Waals surface area contributed by atoms with E-state index in [0.717, 1.165) is 30.0 Å². The second-order valence-electron chi connectivity index (χ2n) is 6.54. The third-order valence-electron chi connectivity index (χ3n) is 4.39. The van der Waals surface area contributed by atoms with Crippen molar-refractivity contribution in [2.75, 3.05) is 5.32 Å². The Labute approximate surface area is 161 Å². The molecule has 2 aromatic rings. The van der Waals surface area contributed by atoms with Crippen LogP contribution in [0.3, 0.4) is 0 Å². The molecule has 0 saturated carbocycles. The van der Waals surface area contributed by atoms with E-state index in [1.165, 1.54) is 28.7 Å². The fourth-order valence-electron chi connectivity index (χ4n) is 2.99. The Morgan fingerprint density at radius 1 is 1.54 bits per heavy atom. The standard InChI is InChI=1S/C18H21N5OS2/c1-4-15(16(24)21-18-23-22-11(3)25-18)26-17-13(9-19)8-12-7-10(2)5-6-14(12)20-17/h8,10,15H,4-7H2,1-3H3,(H,21,23,24). The Bertz CT molecular complexity index is 858. The molecule has 0 aliphatic heterocycles. The summed E-state index contributed by atoms with van der Waals surface area (Å²) in [6, 6.07) is 4.20. The lowest BCUT2D eigenvalue weighted by molar-refractivity contribution is -0.115. The van der Waals surface area contributed by atoms with Crippen molar-refractivity contribution in [2.24, 2.45) is 5.92 Å². The lowest BCUT2D eigenvalue weighted by Gasteiger charge is -2.22. The Morgan fingerprint density at radius 3 is 3.00 bits per heavy atom. The summed E-state index contributed by atoms with van der Waals surface area (Å²) < 4.78 is 0. The molecule has 1 amide bonds. The first-order valence-corrected chi connectivity index (χ1v) is 10.4. The Kier molecular flexibility index (Phi) is 5.89. The second kappa shape index (κ2) is 8.14. The number of thioether (sulfide) groups is 1. The van der Waals surface area contributed by atoms with Gasteiger partial charge in [-0.05, 0) is 50.2 Å². The molecule has 136 valence electrons. The first-order chi connectivity index (χ1) is 12.5. The van der Waals surface area contributed by atoms with Gasteiger partial charge < -0.3 is 0 Å². The van der Waals surface area contributed by atoms with E-state index in [-0.39, 0.29) is 11.2 Å². The number of carbonyl (C=O) groups excluding carboxylic acids is 1. The maximum absolute atomic E-state index is 12.6. The van der Waals surface area contributed by atoms with Crippen LogP contribution in [0.5, 0.6) is 0 Å². The van der Waals surface area contributed by atoms with Crippen LogP contribution in [0.4, 0.5) is 5.13 Å². The Hall–Kier alpha value is -1.98. The number of pyridine rings is 1. The number of aromatic nitrogens is 3. The monoisotopic (exact) mass is 387 g/mol. The van der Waals surface area contributed by atoms with Gasteiger partial charge >= 0.3 is 0 Å². The van der Waals surface area contributed by atoms with Crippen LogP contribution in [-0.2, 0) is 17.6 Å². The maximum Gasteiger partial charge on any atom is 0.239 e. The highest BCUT2D eigenvalue weighted by molar-refractivity contribution is 8.00. The van der Waals surface area contributed by atoms with Gasteiger partial charge in [0.25, 0.3) is 0 Å². The minimum Gasteiger partial charge on any atom is -0.300 e. The number of nitrogens with one attached hydrogen (secondary N) is 1. The molecule has 3 rings (SSSR count). The molecule has 2 heterocycles. The van der Waals surface area contributed by atoms with Crippen molar-refractivity contribution in [3.05, 3.63) is 27.9 Å². The molecule has 6 nitrogen and oxygen atoms in total. The van der Waals surface area contributed by atoms with Crippen molar-refractivity contribution >= 4 is 34.1 Å². The summed E-state index contributed by atoms with van der Waals surface area (Å²) in [5, 5.41) is 21.8. The van der Waals surface area contributed by atoms with E-state index < -0.39 is 0 Å². The number of rotatable bonds is 5. The molecule has 8 heteroatoms. The highest BCUT2D eigenvalue weighted by Gasteiger charge is 2.24. The van der Waals surface area contributed by atoms with Crippen molar-refractivity contribution in [1.29, 1.82) is 5.26 Å². The molecule has 1 aliphatic carbocycles. The summed E-state index contributed by atoms with van der Waals surface area (Å²) >= 11 is 2.70. The summed E-state index contributed by atoms with van der Waals surface area (Å²) in [6.45, 7) is 6.02. The van der Waals surface area contributed by atoms with Gasteiger partial charge in [-0.1, -0.05) is 36.9 Å². The van der Waals surface area contributed by atoms with E-state index in [0.29, 0.717) is 28.1 Å². The minimum absolute atomic E-state index is 0.134. The van der Waals surface area contributed by atoms with Gasteiger partial charge in [0.1, 0.15) is 16.1 Å². The van der Waals surface area contributed by atoms with Crippen molar-refractivity contribution in [2.45, 2.75) is 56.7 Å². The third kappa shape index (κ3) is 4.22. The number of anilines is 1. The molecule has 26 heavy (non-hydrogen) atoms. The van der Waals surface area contributed by atoms with Gasteiger partial charge in [-0.25, -0.2) is 4.98 Å². The van der Waals surface area contributed by atoms with Crippen molar-refractivity contribution < 1.29 is 4.79 Å². The first-order valence-electron chi connectivity index (χ1n) is 8.70. The van der Waals surface area contributed by atoms with Crippen LogP contribution in [0.2, 0.25) is 0 Å². The van der Waals surface area contributed by atoms with Crippen LogP contribution in [0.25, 0.3) is 0 Å². The van der Waals surface area contributed by atoms with Gasteiger partial charge in [0.2, 0.25) is 11.0 Å². The third-order valence-corrected chi connectivity index (χ3v) is 6.51. The van der Waals surface area contributed by atoms with Crippen LogP contribution in [0.15, 0.2) is 11.1 Å². The topological polar surface area (TPSA) is 91.6 Å². The lowest BCUT2D eigenvalue weighted by atomic mass is 9.87. The van der Waals surface area contributed by atoms with Crippen molar-refractivity contribution in [1.82, 2.24) is 15.2 Å². The number of aryl methyl sites for hydroxylation is 2. The van der Waals surface area contributed by atoms with E-state index in [1.54, 1.807) is 0 Å². The quantitative estimate of drug-likeness (QED) is 0.786. The second-order valence-corrected chi connectivity index (χ2v) is 8.91. The van der Waals surface area contributed by atoms with Crippen LogP contribution in [0, 0.1) is 24.2 Å². The molecule has 1 aliphatic rings. The summed E-state index contributed by atoms with van der Waals surface area (Å²) in [5.41, 5.74) is 2.80. The number of hydrogen-bond donors (Lipinski definition) is 1. The zero-order valence-electron chi connectivity index (χ0n) is 15.1. The Balaban J connectivity index is 1.79. The van der Waals surface area contributed by atoms with Crippen LogP contribution < -0.4 is 5.32 Å². The zero-order valence-corrected chi connectivity index (χ0v) is 16.7. The molecule has 0 spiro atoms. The van der Waals surface area contributed by atoms with Gasteiger partial charge in [0, 0.05) is 5.69 Å². The minimum atomic E-state index is -0.334. The molecular formula is C18H21N5OS2. The molecule has 2 aromatic heterocycles. The molecular weight excluding hydrogens is 366 g/mol. The van der Waals surface area contributed by atoms with Gasteiger partial charge in [-0.15, -0.1) is 10.2 Å². The largest absolute Gasteiger partial charge is 0.300 e. The summed E-state index contributed by atoms with van der Waals surface area (Å²) in [5.74, 6) is 0.490. The first kappa shape index (κ1) is 18.8. The fourth-order valence-corrected chi connectivity index (χ4v) is 4.58. The fraction of sp³-hybridized carbons (Fsp3) is 0.500. The highest BCUT2D eigenvalue weighted by atomic mass is 32.2. The number of fused-ring (bicyclic) bond motifs is 1. The van der Waals surface area contributed by atoms with E-state index in [2.05, 4.69) is 28.5 Å². The molecule has 1 N–H and O–H groups in total. The molecule has 0 fully saturated rings. The predicted molar refractivity (Wildman–Crippen MR) is 103 cm³/mol. The number of amides is 1. The van der Waals surface area contributed by atoms with Gasteiger partial charge in [0.05, 0.1) is 10.8 Å². The maximum atomic E-state index is 12.6. The highest BCUT2D eigenvalue weighted by Crippen LogP contribution is 2.32. The number of hydrogen-bond acceptors (Lipinski definition) is 7. The summed E-state index contributed by atoms with van der Waals surface area (Å²) in [7, 11) is 0. The summed E-state index contributed by atoms with van der Waals surface area (Å²) in [4.78, 5) is 17.3. The van der Waals surface area contributed by atoms with Crippen LogP contribution >= 0.6 is 23.1 Å². The van der Waals surface area contributed by atoms with E-state index in [1.807, 2.05) is 19.9 Å². The molecule has 2 unspecified atom stereocenters. The average molecular weight is 388 g/mol. The van der Waals surface area contributed by atoms with Gasteiger partial charge in [-0.3, -0.25) is 10.1 Å². The molecule has 0 saturated heterocycles. The van der Waals surface area contributed by atoms with Crippen molar-refractivity contribution in [3.63, 3.8) is 0 Å². The zero-order chi connectivity index (χ0) is 18.7. The SMILES string of the molecule is CCC(Sc1nc2c(cc1C#N)CC(C)CC2)C(=O)Nc1nnc(C)s1. The van der Waals surface area contributed by atoms with E-state index in [9.17, 15) is 10.1 Å². The van der Waals surface area contributed by atoms with Gasteiger partial charge in [0.15, 0.2) is 0 Å². The van der Waals surface area contributed by atoms with Crippen molar-refractivity contribution in [3.8, 4) is 6.07 Å².